The Morgan fingerprint density at radius 3 is 2.58 bits per heavy atom. The fraction of sp³-hybridized carbons (Fsp3) is 0.565. The van der Waals surface area contributed by atoms with Gasteiger partial charge in [0.2, 0.25) is 0 Å². The number of halogens is 1. The Kier molecular flexibility index (Phi) is 13.4. The predicted octanol–water partition coefficient (Wildman–Crippen LogP) is 3.19. The van der Waals surface area contributed by atoms with Crippen molar-refractivity contribution in [3.63, 3.8) is 0 Å². The molecule has 0 aliphatic rings. The Balaban J connectivity index is 0.00000480. The van der Waals surface area contributed by atoms with E-state index in [1.165, 1.54) is 16.8 Å². The summed E-state index contributed by atoms with van der Waals surface area (Å²) in [5, 5.41) is 11.5. The Bertz CT molecular complexity index is 778. The number of ether oxygens (including phenoxy) is 1. The van der Waals surface area contributed by atoms with Crippen LogP contribution in [0.4, 0.5) is 0 Å². The highest BCUT2D eigenvalue weighted by Gasteiger charge is 2.12. The van der Waals surface area contributed by atoms with Gasteiger partial charge in [-0.2, -0.15) is 5.10 Å². The van der Waals surface area contributed by atoms with E-state index < -0.39 is 0 Å². The summed E-state index contributed by atoms with van der Waals surface area (Å²) in [5.74, 6) is 0.845. The van der Waals surface area contributed by atoms with E-state index in [0.29, 0.717) is 6.54 Å². The molecule has 0 spiro atoms. The zero-order chi connectivity index (χ0) is 21.8. The van der Waals surface area contributed by atoms with Gasteiger partial charge in [-0.3, -0.25) is 4.68 Å². The van der Waals surface area contributed by atoms with Gasteiger partial charge in [0.1, 0.15) is 0 Å². The van der Waals surface area contributed by atoms with E-state index >= 15 is 0 Å². The zero-order valence-corrected chi connectivity index (χ0v) is 22.0. The highest BCUT2D eigenvalue weighted by molar-refractivity contribution is 14.0. The highest BCUT2D eigenvalue weighted by Crippen LogP contribution is 2.16. The van der Waals surface area contributed by atoms with Crippen LogP contribution in [0.3, 0.4) is 0 Å². The van der Waals surface area contributed by atoms with Crippen molar-refractivity contribution in [3.8, 4) is 0 Å². The van der Waals surface area contributed by atoms with Crippen molar-refractivity contribution in [2.45, 2.75) is 40.3 Å². The average molecular weight is 543 g/mol. The normalized spacial score (nSPS) is 11.5. The summed E-state index contributed by atoms with van der Waals surface area (Å²) < 4.78 is 7.19. The van der Waals surface area contributed by atoms with Crippen LogP contribution in [0.15, 0.2) is 35.3 Å². The van der Waals surface area contributed by atoms with E-state index in [9.17, 15) is 0 Å². The number of aromatic nitrogens is 2. The smallest absolute Gasteiger partial charge is 0.191 e. The molecule has 0 aliphatic heterocycles. The summed E-state index contributed by atoms with van der Waals surface area (Å²) in [6.07, 6.45) is 1.05. The van der Waals surface area contributed by atoms with Crippen molar-refractivity contribution < 1.29 is 4.74 Å². The molecule has 1 aromatic carbocycles. The summed E-state index contributed by atoms with van der Waals surface area (Å²) in [5.41, 5.74) is 4.66. The number of aliphatic imine (C=N–C) groups is 1. The molecule has 0 unspecified atom stereocenters. The molecule has 0 fully saturated rings. The van der Waals surface area contributed by atoms with Crippen LogP contribution < -0.4 is 10.6 Å². The van der Waals surface area contributed by atoms with Gasteiger partial charge >= 0.3 is 0 Å². The minimum absolute atomic E-state index is 0. The molecule has 2 rings (SSSR count). The molecule has 0 radical (unpaired) electrons. The lowest BCUT2D eigenvalue weighted by molar-refractivity contribution is 0.180. The number of nitrogens with one attached hydrogen (secondary N) is 2. The maximum absolute atomic E-state index is 5.12. The molecule has 2 aromatic rings. The number of benzene rings is 1. The summed E-state index contributed by atoms with van der Waals surface area (Å²) in [4.78, 5) is 7.10. The summed E-state index contributed by atoms with van der Waals surface area (Å²) in [6, 6.07) is 10.4. The van der Waals surface area contributed by atoms with Crippen LogP contribution in [0.1, 0.15) is 35.9 Å². The molecule has 0 aliphatic carbocycles. The van der Waals surface area contributed by atoms with Gasteiger partial charge in [0.05, 0.1) is 18.8 Å². The molecule has 0 atom stereocenters. The molecular weight excluding hydrogens is 503 g/mol. The molecule has 8 heteroatoms. The van der Waals surface area contributed by atoms with Gasteiger partial charge in [-0.1, -0.05) is 30.3 Å². The number of aryl methyl sites for hydroxylation is 1. The molecule has 7 nitrogen and oxygen atoms in total. The number of likely N-dealkylation sites (N-methyl/N-ethyl adjacent to an activating group) is 1. The third-order valence-electron chi connectivity index (χ3n) is 5.12. The van der Waals surface area contributed by atoms with E-state index in [1.807, 2.05) is 6.07 Å². The molecule has 174 valence electrons. The van der Waals surface area contributed by atoms with Gasteiger partial charge in [-0.05, 0) is 39.8 Å². The summed E-state index contributed by atoms with van der Waals surface area (Å²) in [6.45, 7) is 12.2. The second-order valence-electron chi connectivity index (χ2n) is 7.56. The van der Waals surface area contributed by atoms with Crippen LogP contribution in [0.2, 0.25) is 0 Å². The fourth-order valence-corrected chi connectivity index (χ4v) is 3.33. The molecule has 0 saturated carbocycles. The van der Waals surface area contributed by atoms with Gasteiger partial charge in [0.15, 0.2) is 5.96 Å². The van der Waals surface area contributed by atoms with Gasteiger partial charge in [0.25, 0.3) is 0 Å². The first kappa shape index (κ1) is 27.4. The highest BCUT2D eigenvalue weighted by atomic mass is 127. The van der Waals surface area contributed by atoms with Crippen LogP contribution in [-0.2, 0) is 17.8 Å². The minimum atomic E-state index is 0. The van der Waals surface area contributed by atoms with Gasteiger partial charge in [-0.25, -0.2) is 4.99 Å². The second kappa shape index (κ2) is 15.2. The number of rotatable bonds is 12. The van der Waals surface area contributed by atoms with E-state index in [-0.39, 0.29) is 24.0 Å². The lowest BCUT2D eigenvalue weighted by Gasteiger charge is -2.18. The zero-order valence-electron chi connectivity index (χ0n) is 19.6. The number of guanidine groups is 1. The van der Waals surface area contributed by atoms with Crippen molar-refractivity contribution in [2.24, 2.45) is 4.99 Å². The first-order valence-electron chi connectivity index (χ1n) is 10.8. The minimum Gasteiger partial charge on any atom is -0.385 e. The van der Waals surface area contributed by atoms with Crippen molar-refractivity contribution >= 4 is 29.9 Å². The summed E-state index contributed by atoms with van der Waals surface area (Å²) >= 11 is 0. The lowest BCUT2D eigenvalue weighted by atomic mass is 10.2. The van der Waals surface area contributed by atoms with Gasteiger partial charge in [-0.15, -0.1) is 24.0 Å². The van der Waals surface area contributed by atoms with Gasteiger partial charge in [0, 0.05) is 51.2 Å². The van der Waals surface area contributed by atoms with Crippen molar-refractivity contribution in [1.29, 1.82) is 0 Å². The molecule has 1 aromatic heterocycles. The number of hydrogen-bond acceptors (Lipinski definition) is 4. The molecule has 31 heavy (non-hydrogen) atoms. The number of hydrogen-bond donors (Lipinski definition) is 2. The third-order valence-corrected chi connectivity index (χ3v) is 5.12. The van der Waals surface area contributed by atoms with Crippen LogP contribution in [-0.4, -0.2) is 67.6 Å². The Labute approximate surface area is 204 Å². The van der Waals surface area contributed by atoms with E-state index in [2.05, 4.69) is 72.3 Å². The number of methoxy groups -OCH3 is 1. The maximum Gasteiger partial charge on any atom is 0.191 e. The molecular formula is C23H39IN6O. The first-order valence-corrected chi connectivity index (χ1v) is 10.8. The quantitative estimate of drug-likeness (QED) is 0.187. The molecule has 0 bridgehead atoms. The largest absolute Gasteiger partial charge is 0.385 e. The predicted molar refractivity (Wildman–Crippen MR) is 139 cm³/mol. The van der Waals surface area contributed by atoms with Crippen molar-refractivity contribution in [3.05, 3.63) is 52.8 Å². The standard InChI is InChI=1S/C23H38N6O.HI/c1-6-24-23(25-13-15-28(4)14-10-16-30-5)26-17-22-19(2)27-29(20(22)3)18-21-11-8-7-9-12-21;/h7-9,11-12H,6,10,13-18H2,1-5H3,(H2,24,25,26);1H. The molecule has 1 heterocycles. The Morgan fingerprint density at radius 1 is 1.16 bits per heavy atom. The van der Waals surface area contributed by atoms with Crippen LogP contribution in [0.5, 0.6) is 0 Å². The van der Waals surface area contributed by atoms with Crippen LogP contribution in [0, 0.1) is 13.8 Å². The summed E-state index contributed by atoms with van der Waals surface area (Å²) in [7, 11) is 3.88. The maximum atomic E-state index is 5.12. The molecule has 2 N–H and O–H groups in total. The van der Waals surface area contributed by atoms with E-state index in [1.54, 1.807) is 7.11 Å². The molecule has 0 saturated heterocycles. The van der Waals surface area contributed by atoms with Gasteiger partial charge < -0.3 is 20.3 Å². The topological polar surface area (TPSA) is 66.7 Å². The number of nitrogens with zero attached hydrogens (tertiary/aromatic N) is 4. The van der Waals surface area contributed by atoms with Crippen molar-refractivity contribution in [2.75, 3.05) is 46.9 Å². The Hall–Kier alpha value is -1.65. The third kappa shape index (κ3) is 9.57. The monoisotopic (exact) mass is 542 g/mol. The Morgan fingerprint density at radius 2 is 1.90 bits per heavy atom. The van der Waals surface area contributed by atoms with E-state index in [4.69, 9.17) is 14.8 Å². The van der Waals surface area contributed by atoms with E-state index in [0.717, 1.165) is 57.4 Å². The first-order chi connectivity index (χ1) is 14.5. The second-order valence-corrected chi connectivity index (χ2v) is 7.56. The lowest BCUT2D eigenvalue weighted by Crippen LogP contribution is -2.41. The fourth-order valence-electron chi connectivity index (χ4n) is 3.33. The average Bonchev–Trinajstić information content (AvgIpc) is 3.00. The molecule has 0 amide bonds. The van der Waals surface area contributed by atoms with Crippen molar-refractivity contribution in [1.82, 2.24) is 25.3 Å². The van der Waals surface area contributed by atoms with Crippen LogP contribution >= 0.6 is 24.0 Å². The van der Waals surface area contributed by atoms with Crippen LogP contribution in [0.25, 0.3) is 0 Å². The SMILES string of the molecule is CCNC(=NCc1c(C)nn(Cc2ccccc2)c1C)NCCN(C)CCCOC.I.